The molecule has 0 aromatic rings. The van der Waals surface area contributed by atoms with E-state index in [0.717, 1.165) is 39.3 Å². The van der Waals surface area contributed by atoms with Crippen molar-refractivity contribution < 1.29 is 8.78 Å². The Balaban J connectivity index is 0. The van der Waals surface area contributed by atoms with Crippen LogP contribution in [0.25, 0.3) is 0 Å². The Bertz CT molecular complexity index is 158. The molecule has 1 N–H and O–H groups in total. The summed E-state index contributed by atoms with van der Waals surface area (Å²) in [6.45, 7) is 5.59. The van der Waals surface area contributed by atoms with Gasteiger partial charge in [0.25, 0.3) is 6.43 Å². The molecule has 7 heteroatoms. The summed E-state index contributed by atoms with van der Waals surface area (Å²) >= 11 is 0. The molecule has 0 atom stereocenters. The first kappa shape index (κ1) is 18.7. The molecule has 1 heterocycles. The van der Waals surface area contributed by atoms with Gasteiger partial charge in [-0.3, -0.25) is 9.80 Å². The van der Waals surface area contributed by atoms with Crippen LogP contribution in [0.5, 0.6) is 0 Å². The van der Waals surface area contributed by atoms with Crippen molar-refractivity contribution >= 4 is 24.8 Å². The molecule has 0 radical (unpaired) electrons. The summed E-state index contributed by atoms with van der Waals surface area (Å²) < 4.78 is 24.0. The van der Waals surface area contributed by atoms with Crippen molar-refractivity contribution in [1.82, 2.24) is 15.1 Å². The largest absolute Gasteiger partial charge is 0.314 e. The maximum Gasteiger partial charge on any atom is 0.251 e. The van der Waals surface area contributed by atoms with E-state index in [1.165, 1.54) is 0 Å². The highest BCUT2D eigenvalue weighted by molar-refractivity contribution is 5.85. The summed E-state index contributed by atoms with van der Waals surface area (Å²) in [5.74, 6) is 0. The second-order valence-electron chi connectivity index (χ2n) is 3.74. The molecule has 100 valence electrons. The van der Waals surface area contributed by atoms with Crippen LogP contribution in [0.1, 0.15) is 0 Å². The van der Waals surface area contributed by atoms with Crippen molar-refractivity contribution in [1.29, 1.82) is 0 Å². The lowest BCUT2D eigenvalue weighted by Gasteiger charge is -2.28. The molecule has 0 amide bonds. The Morgan fingerprint density at radius 2 is 1.81 bits per heavy atom. The summed E-state index contributed by atoms with van der Waals surface area (Å²) in [4.78, 5) is 3.99. The molecule has 3 nitrogen and oxygen atoms in total. The molecule has 1 saturated heterocycles. The van der Waals surface area contributed by atoms with E-state index in [-0.39, 0.29) is 31.4 Å². The molecule has 1 fully saturated rings. The average molecular weight is 280 g/mol. The Kier molecular flexibility index (Phi) is 12.2. The van der Waals surface area contributed by atoms with Crippen LogP contribution in [0.3, 0.4) is 0 Å². The number of rotatable bonds is 5. The summed E-state index contributed by atoms with van der Waals surface area (Å²) in [5, 5.41) is 3.26. The monoisotopic (exact) mass is 279 g/mol. The predicted octanol–water partition coefficient (Wildman–Crippen LogP) is 0.932. The van der Waals surface area contributed by atoms with Crippen molar-refractivity contribution in [2.75, 3.05) is 52.9 Å². The molecular weight excluding hydrogens is 259 g/mol. The summed E-state index contributed by atoms with van der Waals surface area (Å²) in [5.41, 5.74) is 0. The highest BCUT2D eigenvalue weighted by atomic mass is 35.5. The van der Waals surface area contributed by atoms with Crippen molar-refractivity contribution in [3.8, 4) is 0 Å². The van der Waals surface area contributed by atoms with Crippen LogP contribution in [-0.4, -0.2) is 69.1 Å². The van der Waals surface area contributed by atoms with Crippen LogP contribution < -0.4 is 5.32 Å². The molecule has 0 aliphatic carbocycles. The van der Waals surface area contributed by atoms with Crippen LogP contribution >= 0.6 is 24.8 Å². The van der Waals surface area contributed by atoms with E-state index < -0.39 is 6.43 Å². The Morgan fingerprint density at radius 3 is 2.31 bits per heavy atom. The van der Waals surface area contributed by atoms with Crippen LogP contribution in [-0.2, 0) is 0 Å². The lowest BCUT2D eigenvalue weighted by atomic mass is 10.3. The fraction of sp³-hybridized carbons (Fsp3) is 1.00. The van der Waals surface area contributed by atoms with Gasteiger partial charge < -0.3 is 5.32 Å². The van der Waals surface area contributed by atoms with Crippen molar-refractivity contribution in [2.45, 2.75) is 6.43 Å². The number of likely N-dealkylation sites (N-methyl/N-ethyl adjacent to an activating group) is 1. The molecule has 1 aliphatic heterocycles. The minimum absolute atomic E-state index is 0. The van der Waals surface area contributed by atoms with Crippen molar-refractivity contribution in [3.63, 3.8) is 0 Å². The van der Waals surface area contributed by atoms with Gasteiger partial charge in [-0.15, -0.1) is 24.8 Å². The topological polar surface area (TPSA) is 18.5 Å². The third-order valence-corrected chi connectivity index (χ3v) is 2.46. The Labute approximate surface area is 108 Å². The van der Waals surface area contributed by atoms with Gasteiger partial charge >= 0.3 is 0 Å². The van der Waals surface area contributed by atoms with Gasteiger partial charge in [-0.05, 0) is 7.05 Å². The van der Waals surface area contributed by atoms with Crippen molar-refractivity contribution in [3.05, 3.63) is 0 Å². The quantitative estimate of drug-likeness (QED) is 0.808. The number of nitrogens with one attached hydrogen (secondary N) is 1. The lowest BCUT2D eigenvalue weighted by molar-refractivity contribution is 0.0932. The molecule has 1 rings (SSSR count). The first-order valence-electron chi connectivity index (χ1n) is 5.08. The van der Waals surface area contributed by atoms with Gasteiger partial charge in [-0.25, -0.2) is 8.78 Å². The molecule has 0 saturated carbocycles. The maximum atomic E-state index is 12.0. The van der Waals surface area contributed by atoms with Crippen LogP contribution in [0.4, 0.5) is 8.78 Å². The van der Waals surface area contributed by atoms with Crippen LogP contribution in [0.2, 0.25) is 0 Å². The second-order valence-corrected chi connectivity index (χ2v) is 3.74. The van der Waals surface area contributed by atoms with E-state index in [1.54, 1.807) is 11.9 Å². The lowest BCUT2D eigenvalue weighted by Crippen LogP contribution is -2.46. The molecule has 0 bridgehead atoms. The number of alkyl halides is 2. The number of hydrogen-bond acceptors (Lipinski definition) is 3. The third kappa shape index (κ3) is 8.47. The average Bonchev–Trinajstić information content (AvgIpc) is 2.15. The van der Waals surface area contributed by atoms with E-state index in [2.05, 4.69) is 10.2 Å². The van der Waals surface area contributed by atoms with Gasteiger partial charge in [-0.1, -0.05) is 0 Å². The van der Waals surface area contributed by atoms with E-state index in [1.807, 2.05) is 0 Å². The molecule has 0 unspecified atom stereocenters. The molecule has 1 aliphatic rings. The van der Waals surface area contributed by atoms with Gasteiger partial charge in [0, 0.05) is 39.3 Å². The Morgan fingerprint density at radius 1 is 1.25 bits per heavy atom. The number of nitrogens with zero attached hydrogens (tertiary/aromatic N) is 2. The highest BCUT2D eigenvalue weighted by Crippen LogP contribution is 1.97. The second kappa shape index (κ2) is 10.5. The zero-order valence-electron chi connectivity index (χ0n) is 9.49. The standard InChI is InChI=1S/C9H19F2N3.2ClH/c1-13(8-9(10)11)6-7-14-4-2-12-3-5-14;;/h9,12H,2-8H2,1H3;2*1H. The summed E-state index contributed by atoms with van der Waals surface area (Å²) in [6.07, 6.45) is -2.22. The number of halogens is 4. The first-order valence-corrected chi connectivity index (χ1v) is 5.08. The van der Waals surface area contributed by atoms with Crippen LogP contribution in [0, 0.1) is 0 Å². The molecule has 16 heavy (non-hydrogen) atoms. The number of piperazine rings is 1. The van der Waals surface area contributed by atoms with E-state index in [9.17, 15) is 8.78 Å². The molecule has 0 aromatic heterocycles. The minimum Gasteiger partial charge on any atom is -0.314 e. The molecular formula is C9H21Cl2F2N3. The maximum absolute atomic E-state index is 12.0. The van der Waals surface area contributed by atoms with E-state index in [4.69, 9.17) is 0 Å². The molecule has 0 aromatic carbocycles. The fourth-order valence-corrected chi connectivity index (χ4v) is 1.57. The van der Waals surface area contributed by atoms with Gasteiger partial charge in [0.05, 0.1) is 6.54 Å². The predicted molar refractivity (Wildman–Crippen MR) is 67.3 cm³/mol. The highest BCUT2D eigenvalue weighted by Gasteiger charge is 2.11. The summed E-state index contributed by atoms with van der Waals surface area (Å²) in [7, 11) is 1.74. The smallest absolute Gasteiger partial charge is 0.251 e. The fourth-order valence-electron chi connectivity index (χ4n) is 1.57. The SMILES string of the molecule is CN(CCN1CCNCC1)CC(F)F.Cl.Cl. The van der Waals surface area contributed by atoms with Crippen molar-refractivity contribution in [2.24, 2.45) is 0 Å². The van der Waals surface area contributed by atoms with Crippen LogP contribution in [0.15, 0.2) is 0 Å². The van der Waals surface area contributed by atoms with Gasteiger partial charge in [0.15, 0.2) is 0 Å². The molecule has 0 spiro atoms. The zero-order valence-corrected chi connectivity index (χ0v) is 11.1. The first-order chi connectivity index (χ1) is 6.68. The zero-order chi connectivity index (χ0) is 10.4. The summed E-state index contributed by atoms with van der Waals surface area (Å²) in [6, 6.07) is 0. The van der Waals surface area contributed by atoms with E-state index in [0.29, 0.717) is 0 Å². The minimum atomic E-state index is -2.22. The van der Waals surface area contributed by atoms with Gasteiger partial charge in [-0.2, -0.15) is 0 Å². The van der Waals surface area contributed by atoms with E-state index >= 15 is 0 Å². The third-order valence-electron chi connectivity index (χ3n) is 2.46. The van der Waals surface area contributed by atoms with Gasteiger partial charge in [0.1, 0.15) is 0 Å². The van der Waals surface area contributed by atoms with Gasteiger partial charge in [0.2, 0.25) is 0 Å². The number of hydrogen-bond donors (Lipinski definition) is 1. The Hall–Kier alpha value is 0.320. The normalized spacial score (nSPS) is 17.1.